The van der Waals surface area contributed by atoms with Crippen molar-refractivity contribution in [1.29, 1.82) is 0 Å². The third-order valence-corrected chi connectivity index (χ3v) is 3.82. The average Bonchev–Trinajstić information content (AvgIpc) is 2.51. The summed E-state index contributed by atoms with van der Waals surface area (Å²) in [4.78, 5) is 0. The minimum Gasteiger partial charge on any atom is -0.0622 e. The molecule has 0 bridgehead atoms. The van der Waals surface area contributed by atoms with Gasteiger partial charge in [0.2, 0.25) is 0 Å². The smallest absolute Gasteiger partial charge is 0.0162 e. The summed E-state index contributed by atoms with van der Waals surface area (Å²) in [6.07, 6.45) is 7.12. The molecule has 0 nitrogen and oxygen atoms in total. The first-order chi connectivity index (χ1) is 9.36. The van der Waals surface area contributed by atoms with Gasteiger partial charge in [0.25, 0.3) is 0 Å². The van der Waals surface area contributed by atoms with Crippen LogP contribution in [0.2, 0.25) is 0 Å². The number of aryl methyl sites for hydroxylation is 1. The third kappa shape index (κ3) is 5.99. The van der Waals surface area contributed by atoms with E-state index in [1.165, 1.54) is 37.7 Å². The van der Waals surface area contributed by atoms with Gasteiger partial charge in [-0.25, -0.2) is 0 Å². The number of rotatable bonds is 1. The van der Waals surface area contributed by atoms with Gasteiger partial charge in [-0.1, -0.05) is 85.5 Å². The van der Waals surface area contributed by atoms with E-state index in [9.17, 15) is 0 Å². The van der Waals surface area contributed by atoms with E-state index in [2.05, 4.69) is 49.4 Å². The second kappa shape index (κ2) is 9.87. The van der Waals surface area contributed by atoms with E-state index in [0.717, 1.165) is 5.92 Å². The van der Waals surface area contributed by atoms with Crippen molar-refractivity contribution in [2.24, 2.45) is 0 Å². The molecule has 2 aromatic carbocycles. The van der Waals surface area contributed by atoms with Crippen molar-refractivity contribution in [3.05, 3.63) is 71.8 Å². The average molecular weight is 260 g/mol. The summed E-state index contributed by atoms with van der Waals surface area (Å²) in [5, 5.41) is 0. The van der Waals surface area contributed by atoms with E-state index in [4.69, 9.17) is 0 Å². The summed E-state index contributed by atoms with van der Waals surface area (Å²) in [6, 6.07) is 21.2. The molecule has 0 heterocycles. The Morgan fingerprint density at radius 2 is 1.20 bits per heavy atom. The maximum atomic E-state index is 2.27. The van der Waals surface area contributed by atoms with Gasteiger partial charge < -0.3 is 0 Å². The number of benzene rings is 2. The third-order valence-electron chi connectivity index (χ3n) is 3.82. The molecule has 0 aromatic heterocycles. The maximum absolute atomic E-state index is 2.27. The zero-order valence-electron chi connectivity index (χ0n) is 11.9. The molecule has 2 aromatic rings. The Bertz CT molecular complexity index is 444. The van der Waals surface area contributed by atoms with Gasteiger partial charge in [0.1, 0.15) is 0 Å². The van der Waals surface area contributed by atoms with Crippen LogP contribution in [0.4, 0.5) is 0 Å². The van der Waals surface area contributed by atoms with Crippen LogP contribution < -0.4 is 0 Å². The van der Waals surface area contributed by atoms with Crippen LogP contribution in [0, 0.1) is 6.92 Å². The first kappa shape index (κ1) is 17.1. The van der Waals surface area contributed by atoms with Crippen molar-refractivity contribution in [2.75, 3.05) is 0 Å². The predicted octanol–water partition coefficient (Wildman–Crippen LogP) is 5.08. The Hall–Kier alpha value is -0.963. The van der Waals surface area contributed by atoms with Crippen LogP contribution in [0.25, 0.3) is 0 Å². The molecule has 0 unspecified atom stereocenters. The molecule has 0 aliphatic heterocycles. The molecule has 0 amide bonds. The first-order valence-corrected chi connectivity index (χ1v) is 7.43. The van der Waals surface area contributed by atoms with Crippen molar-refractivity contribution in [2.45, 2.75) is 44.9 Å². The van der Waals surface area contributed by atoms with Crippen LogP contribution in [0.15, 0.2) is 60.7 Å². The van der Waals surface area contributed by atoms with Crippen LogP contribution in [-0.2, 0) is 0 Å². The number of hydrogen-bond donors (Lipinski definition) is 0. The van der Waals surface area contributed by atoms with E-state index < -0.39 is 0 Å². The Morgan fingerprint density at radius 1 is 0.700 bits per heavy atom. The Kier molecular flexibility index (Phi) is 8.43. The minimum atomic E-state index is 0. The molecule has 0 atom stereocenters. The summed E-state index contributed by atoms with van der Waals surface area (Å²) >= 11 is 0. The van der Waals surface area contributed by atoms with Gasteiger partial charge in [-0.05, 0) is 31.2 Å². The van der Waals surface area contributed by atoms with E-state index in [-0.39, 0.29) is 18.9 Å². The molecular formula is C19H25Li. The van der Waals surface area contributed by atoms with Crippen molar-refractivity contribution in [3.63, 3.8) is 0 Å². The maximum Gasteiger partial charge on any atom is -0.0162 e. The molecule has 20 heavy (non-hydrogen) atoms. The normalized spacial score (nSPS) is 14.7. The van der Waals surface area contributed by atoms with Gasteiger partial charge in [0, 0.05) is 0 Å². The van der Waals surface area contributed by atoms with Crippen LogP contribution in [-0.4, -0.2) is 18.9 Å². The fraction of sp³-hybridized carbons (Fsp3) is 0.368. The monoisotopic (exact) mass is 260 g/mol. The Labute approximate surface area is 135 Å². The first-order valence-electron chi connectivity index (χ1n) is 7.43. The van der Waals surface area contributed by atoms with Gasteiger partial charge in [0.05, 0.1) is 0 Å². The van der Waals surface area contributed by atoms with Crippen LogP contribution in [0.3, 0.4) is 0 Å². The summed E-state index contributed by atoms with van der Waals surface area (Å²) < 4.78 is 0. The summed E-state index contributed by atoms with van der Waals surface area (Å²) in [5.74, 6) is 0.861. The molecule has 1 fully saturated rings. The fourth-order valence-electron chi connectivity index (χ4n) is 2.70. The molecule has 0 saturated heterocycles. The van der Waals surface area contributed by atoms with Gasteiger partial charge in [0.15, 0.2) is 0 Å². The largest absolute Gasteiger partial charge is 0.0622 e. The van der Waals surface area contributed by atoms with E-state index >= 15 is 0 Å². The van der Waals surface area contributed by atoms with Gasteiger partial charge in [-0.2, -0.15) is 0 Å². The SMILES string of the molecule is Cc1ccccc1.[LiH].c1ccc(C2CCCCC2)cc1. The second-order valence-corrected chi connectivity index (χ2v) is 5.40. The van der Waals surface area contributed by atoms with E-state index in [1.54, 1.807) is 5.56 Å². The standard InChI is InChI=1S/C12H16.C7H8.Li.H/c1-3-7-11(8-4-1)12-9-5-2-6-10-12;1-7-5-3-2-4-6-7;;/h1,3-4,7-8,12H,2,5-6,9-10H2;2-6H,1H3;;. The van der Waals surface area contributed by atoms with Gasteiger partial charge in [-0.3, -0.25) is 0 Å². The molecule has 3 rings (SSSR count). The fourth-order valence-corrected chi connectivity index (χ4v) is 2.70. The molecule has 0 spiro atoms. The van der Waals surface area contributed by atoms with Crippen LogP contribution >= 0.6 is 0 Å². The molecule has 102 valence electrons. The zero-order chi connectivity index (χ0) is 13.3. The van der Waals surface area contributed by atoms with Gasteiger partial charge >= 0.3 is 18.9 Å². The molecule has 0 N–H and O–H groups in total. The summed E-state index contributed by atoms with van der Waals surface area (Å²) in [5.41, 5.74) is 2.87. The molecule has 1 heteroatoms. The van der Waals surface area contributed by atoms with E-state index in [0.29, 0.717) is 0 Å². The van der Waals surface area contributed by atoms with E-state index in [1.807, 2.05) is 18.2 Å². The minimum absolute atomic E-state index is 0. The van der Waals surface area contributed by atoms with Crippen molar-refractivity contribution < 1.29 is 0 Å². The Morgan fingerprint density at radius 3 is 1.65 bits per heavy atom. The van der Waals surface area contributed by atoms with Crippen LogP contribution in [0.5, 0.6) is 0 Å². The second-order valence-electron chi connectivity index (χ2n) is 5.40. The zero-order valence-corrected chi connectivity index (χ0v) is 11.9. The number of hydrogen-bond acceptors (Lipinski definition) is 0. The molecule has 1 saturated carbocycles. The molecule has 1 aliphatic carbocycles. The quantitative estimate of drug-likeness (QED) is 0.627. The topological polar surface area (TPSA) is 0 Å². The van der Waals surface area contributed by atoms with Crippen LogP contribution in [0.1, 0.15) is 49.1 Å². The van der Waals surface area contributed by atoms with Gasteiger partial charge in [-0.15, -0.1) is 0 Å². The summed E-state index contributed by atoms with van der Waals surface area (Å²) in [6.45, 7) is 2.08. The predicted molar refractivity (Wildman–Crippen MR) is 90.6 cm³/mol. The molecular weight excluding hydrogens is 235 g/mol. The van der Waals surface area contributed by atoms with Crippen molar-refractivity contribution >= 4 is 18.9 Å². The molecule has 1 aliphatic rings. The molecule has 0 radical (unpaired) electrons. The summed E-state index contributed by atoms with van der Waals surface area (Å²) in [7, 11) is 0. The Balaban J connectivity index is 0.000000216. The van der Waals surface area contributed by atoms with Crippen molar-refractivity contribution in [3.8, 4) is 0 Å². The van der Waals surface area contributed by atoms with Crippen molar-refractivity contribution in [1.82, 2.24) is 0 Å².